The first-order valence-electron chi connectivity index (χ1n) is 7.32. The van der Waals surface area contributed by atoms with E-state index in [1.54, 1.807) is 12.1 Å². The lowest BCUT2D eigenvalue weighted by Crippen LogP contribution is -2.13. The van der Waals surface area contributed by atoms with Crippen molar-refractivity contribution >= 4 is 15.7 Å². The maximum Gasteiger partial charge on any atom is 0.261 e. The van der Waals surface area contributed by atoms with Crippen LogP contribution in [0, 0.1) is 0 Å². The zero-order valence-electron chi connectivity index (χ0n) is 12.1. The van der Waals surface area contributed by atoms with Gasteiger partial charge in [-0.05, 0) is 66.6 Å². The number of rotatable bonds is 4. The van der Waals surface area contributed by atoms with Gasteiger partial charge in [0.05, 0.1) is 4.90 Å². The quantitative estimate of drug-likeness (QED) is 0.939. The molecule has 110 valence electrons. The summed E-state index contributed by atoms with van der Waals surface area (Å²) in [5, 5.41) is 0. The average Bonchev–Trinajstić information content (AvgIpc) is 2.94. The van der Waals surface area contributed by atoms with Crippen LogP contribution in [0.2, 0.25) is 0 Å². The largest absolute Gasteiger partial charge is 0.280 e. The third kappa shape index (κ3) is 2.95. The highest BCUT2D eigenvalue weighted by Gasteiger charge is 2.18. The fourth-order valence-electron chi connectivity index (χ4n) is 2.78. The lowest BCUT2D eigenvalue weighted by molar-refractivity contribution is 0.601. The highest BCUT2D eigenvalue weighted by atomic mass is 32.2. The minimum Gasteiger partial charge on any atom is -0.280 e. The number of hydrogen-bond donors (Lipinski definition) is 1. The van der Waals surface area contributed by atoms with Crippen LogP contribution in [-0.4, -0.2) is 8.42 Å². The Kier molecular flexibility index (Phi) is 3.72. The van der Waals surface area contributed by atoms with Crippen molar-refractivity contribution in [3.8, 4) is 0 Å². The number of nitrogens with one attached hydrogen (secondary N) is 1. The Morgan fingerprint density at radius 2 is 1.86 bits per heavy atom. The molecule has 0 amide bonds. The van der Waals surface area contributed by atoms with Crippen LogP contribution in [0.15, 0.2) is 47.4 Å². The Bertz CT molecular complexity index is 766. The van der Waals surface area contributed by atoms with Crippen molar-refractivity contribution in [3.05, 3.63) is 59.2 Å². The van der Waals surface area contributed by atoms with Crippen LogP contribution >= 0.6 is 0 Å². The fourth-order valence-corrected chi connectivity index (χ4v) is 3.88. The van der Waals surface area contributed by atoms with E-state index in [1.165, 1.54) is 11.1 Å². The molecule has 0 saturated carbocycles. The highest BCUT2D eigenvalue weighted by molar-refractivity contribution is 7.92. The van der Waals surface area contributed by atoms with E-state index < -0.39 is 10.0 Å². The zero-order chi connectivity index (χ0) is 14.9. The first-order chi connectivity index (χ1) is 10.1. The van der Waals surface area contributed by atoms with Crippen LogP contribution in [0.3, 0.4) is 0 Å². The molecule has 0 saturated heterocycles. The third-order valence-corrected chi connectivity index (χ3v) is 5.35. The molecule has 0 fully saturated rings. The number of aryl methyl sites for hydroxylation is 3. The topological polar surface area (TPSA) is 46.2 Å². The minimum absolute atomic E-state index is 0.352. The van der Waals surface area contributed by atoms with Gasteiger partial charge in [-0.25, -0.2) is 8.42 Å². The van der Waals surface area contributed by atoms with Gasteiger partial charge in [-0.2, -0.15) is 0 Å². The first kappa shape index (κ1) is 14.1. The molecule has 0 aliphatic heterocycles. The maximum absolute atomic E-state index is 12.5. The molecule has 2 aromatic rings. The predicted molar refractivity (Wildman–Crippen MR) is 85.1 cm³/mol. The van der Waals surface area contributed by atoms with Gasteiger partial charge in [-0.3, -0.25) is 4.72 Å². The standard InChI is InChI=1S/C17H19NO2S/c1-2-13-5-3-8-16(11-13)18-21(19,20)17-10-9-14-6-4-7-15(14)12-17/h3,5,8-12,18H,2,4,6-7H2,1H3. The van der Waals surface area contributed by atoms with Gasteiger partial charge in [-0.1, -0.05) is 25.1 Å². The summed E-state index contributed by atoms with van der Waals surface area (Å²) in [6.07, 6.45) is 4.03. The molecule has 0 unspecified atom stereocenters. The third-order valence-electron chi connectivity index (χ3n) is 3.97. The van der Waals surface area contributed by atoms with Crippen LogP contribution in [0.1, 0.15) is 30.0 Å². The number of sulfonamides is 1. The average molecular weight is 301 g/mol. The second-order valence-corrected chi connectivity index (χ2v) is 7.13. The summed E-state index contributed by atoms with van der Waals surface area (Å²) < 4.78 is 27.7. The van der Waals surface area contributed by atoms with Gasteiger partial charge < -0.3 is 0 Å². The summed E-state index contributed by atoms with van der Waals surface area (Å²) in [5.41, 5.74) is 4.18. The van der Waals surface area contributed by atoms with E-state index in [-0.39, 0.29) is 0 Å². The lowest BCUT2D eigenvalue weighted by atomic mass is 10.1. The van der Waals surface area contributed by atoms with E-state index in [0.717, 1.165) is 31.2 Å². The Labute approximate surface area is 126 Å². The highest BCUT2D eigenvalue weighted by Crippen LogP contribution is 2.26. The van der Waals surface area contributed by atoms with Crippen molar-refractivity contribution in [2.75, 3.05) is 4.72 Å². The molecule has 1 aliphatic carbocycles. The molecule has 2 aromatic carbocycles. The van der Waals surface area contributed by atoms with Crippen molar-refractivity contribution in [3.63, 3.8) is 0 Å². The molecule has 21 heavy (non-hydrogen) atoms. The van der Waals surface area contributed by atoms with Crippen molar-refractivity contribution in [1.82, 2.24) is 0 Å². The first-order valence-corrected chi connectivity index (χ1v) is 8.80. The number of benzene rings is 2. The number of hydrogen-bond acceptors (Lipinski definition) is 2. The molecular weight excluding hydrogens is 282 g/mol. The van der Waals surface area contributed by atoms with Crippen LogP contribution < -0.4 is 4.72 Å². The van der Waals surface area contributed by atoms with E-state index in [1.807, 2.05) is 37.3 Å². The van der Waals surface area contributed by atoms with Crippen molar-refractivity contribution < 1.29 is 8.42 Å². The maximum atomic E-state index is 12.5. The molecular formula is C17H19NO2S. The monoisotopic (exact) mass is 301 g/mol. The molecule has 0 aromatic heterocycles. The molecule has 0 atom stereocenters. The molecule has 4 heteroatoms. The van der Waals surface area contributed by atoms with Gasteiger partial charge in [0.25, 0.3) is 10.0 Å². The SMILES string of the molecule is CCc1cccc(NS(=O)(=O)c2ccc3c(c2)CCC3)c1. The summed E-state index contributed by atoms with van der Waals surface area (Å²) >= 11 is 0. The van der Waals surface area contributed by atoms with Crippen LogP contribution in [0.5, 0.6) is 0 Å². The van der Waals surface area contributed by atoms with Crippen LogP contribution in [0.4, 0.5) is 5.69 Å². The van der Waals surface area contributed by atoms with Gasteiger partial charge in [0.1, 0.15) is 0 Å². The molecule has 0 heterocycles. The summed E-state index contributed by atoms with van der Waals surface area (Å²) in [4.78, 5) is 0.352. The van der Waals surface area contributed by atoms with Crippen LogP contribution in [-0.2, 0) is 29.3 Å². The summed E-state index contributed by atoms with van der Waals surface area (Å²) in [6.45, 7) is 2.05. The zero-order valence-corrected chi connectivity index (χ0v) is 12.9. The van der Waals surface area contributed by atoms with E-state index in [2.05, 4.69) is 4.72 Å². The van der Waals surface area contributed by atoms with Crippen LogP contribution in [0.25, 0.3) is 0 Å². The van der Waals surface area contributed by atoms with Crippen molar-refractivity contribution in [1.29, 1.82) is 0 Å². The van der Waals surface area contributed by atoms with Gasteiger partial charge in [-0.15, -0.1) is 0 Å². The van der Waals surface area contributed by atoms with E-state index in [0.29, 0.717) is 10.6 Å². The fraction of sp³-hybridized carbons (Fsp3) is 0.294. The Morgan fingerprint density at radius 3 is 2.67 bits per heavy atom. The number of fused-ring (bicyclic) bond motifs is 1. The Hall–Kier alpha value is -1.81. The molecule has 0 radical (unpaired) electrons. The smallest absolute Gasteiger partial charge is 0.261 e. The molecule has 0 bridgehead atoms. The molecule has 1 N–H and O–H groups in total. The second-order valence-electron chi connectivity index (χ2n) is 5.44. The van der Waals surface area contributed by atoms with Crippen molar-refractivity contribution in [2.24, 2.45) is 0 Å². The van der Waals surface area contributed by atoms with Gasteiger partial charge >= 0.3 is 0 Å². The lowest BCUT2D eigenvalue weighted by Gasteiger charge is -2.10. The minimum atomic E-state index is -3.51. The summed E-state index contributed by atoms with van der Waals surface area (Å²) in [5.74, 6) is 0. The second kappa shape index (κ2) is 5.53. The molecule has 3 rings (SSSR count). The van der Waals surface area contributed by atoms with Gasteiger partial charge in [0, 0.05) is 5.69 Å². The Balaban J connectivity index is 1.89. The van der Waals surface area contributed by atoms with Gasteiger partial charge in [0.2, 0.25) is 0 Å². The van der Waals surface area contributed by atoms with Gasteiger partial charge in [0.15, 0.2) is 0 Å². The van der Waals surface area contributed by atoms with E-state index in [4.69, 9.17) is 0 Å². The summed E-state index contributed by atoms with van der Waals surface area (Å²) in [7, 11) is -3.51. The molecule has 3 nitrogen and oxygen atoms in total. The normalized spacial score (nSPS) is 14.0. The molecule has 1 aliphatic rings. The van der Waals surface area contributed by atoms with Crippen molar-refractivity contribution in [2.45, 2.75) is 37.5 Å². The van der Waals surface area contributed by atoms with E-state index >= 15 is 0 Å². The predicted octanol–water partition coefficient (Wildman–Crippen LogP) is 3.54. The Morgan fingerprint density at radius 1 is 1.05 bits per heavy atom. The number of anilines is 1. The van der Waals surface area contributed by atoms with E-state index in [9.17, 15) is 8.42 Å². The molecule has 0 spiro atoms. The summed E-state index contributed by atoms with van der Waals surface area (Å²) in [6, 6.07) is 13.0.